The average Bonchev–Trinajstić information content (AvgIpc) is 3.10. The Bertz CT molecular complexity index is 909. The van der Waals surface area contributed by atoms with Crippen molar-refractivity contribution in [2.75, 3.05) is 5.32 Å². The van der Waals surface area contributed by atoms with Gasteiger partial charge >= 0.3 is 5.69 Å². The number of nitrogens with one attached hydrogen (secondary N) is 2. The molecule has 1 atom stereocenters. The molecule has 0 saturated carbocycles. The Hall–Kier alpha value is -3.49. The Morgan fingerprint density at radius 3 is 2.64 bits per heavy atom. The van der Waals surface area contributed by atoms with Crippen LogP contribution >= 0.6 is 0 Å². The van der Waals surface area contributed by atoms with E-state index in [1.54, 1.807) is 6.92 Å². The molecule has 1 amide bonds. The third kappa shape index (κ3) is 3.55. The van der Waals surface area contributed by atoms with Crippen LogP contribution in [0.5, 0.6) is 0 Å². The van der Waals surface area contributed by atoms with Crippen molar-refractivity contribution in [3.63, 3.8) is 0 Å². The molecule has 1 heterocycles. The molecule has 128 valence electrons. The zero-order chi connectivity index (χ0) is 17.8. The number of amides is 1. The van der Waals surface area contributed by atoms with Crippen LogP contribution in [0.2, 0.25) is 0 Å². The molecule has 9 nitrogen and oxygen atoms in total. The molecule has 2 aromatic carbocycles. The van der Waals surface area contributed by atoms with Crippen molar-refractivity contribution < 1.29 is 14.3 Å². The van der Waals surface area contributed by atoms with Crippen LogP contribution < -0.4 is 10.6 Å². The Morgan fingerprint density at radius 1 is 1.20 bits per heavy atom. The number of aromatic nitrogens is 2. The van der Waals surface area contributed by atoms with Crippen LogP contribution in [0.4, 0.5) is 11.4 Å². The lowest BCUT2D eigenvalue weighted by molar-refractivity contribution is -0.383. The molecule has 0 bridgehead atoms. The Kier molecular flexibility index (Phi) is 4.55. The van der Waals surface area contributed by atoms with Crippen LogP contribution in [0.15, 0.2) is 47.1 Å². The van der Waals surface area contributed by atoms with E-state index in [1.165, 1.54) is 12.1 Å². The monoisotopic (exact) mass is 341 g/mol. The summed E-state index contributed by atoms with van der Waals surface area (Å²) in [6, 6.07) is 11.7. The minimum absolute atomic E-state index is 0.0342. The highest BCUT2D eigenvalue weighted by Crippen LogP contribution is 2.28. The van der Waals surface area contributed by atoms with Crippen molar-refractivity contribution >= 4 is 28.3 Å². The molecular weight excluding hydrogens is 326 g/mol. The SMILES string of the molecule is C[C@H](Nc1ccc([N+](=O)[O-])c2nonc12)C(=O)NCc1ccccc1. The first-order valence-corrected chi connectivity index (χ1v) is 7.54. The highest BCUT2D eigenvalue weighted by Gasteiger charge is 2.21. The van der Waals surface area contributed by atoms with Gasteiger partial charge in [-0.25, -0.2) is 4.63 Å². The van der Waals surface area contributed by atoms with E-state index in [-0.39, 0.29) is 22.6 Å². The maximum absolute atomic E-state index is 12.2. The largest absolute Gasteiger partial charge is 0.372 e. The fourth-order valence-electron chi connectivity index (χ4n) is 2.35. The number of fused-ring (bicyclic) bond motifs is 1. The third-order valence-electron chi connectivity index (χ3n) is 3.67. The number of non-ortho nitro benzene ring substituents is 1. The number of nitrogens with zero attached hydrogens (tertiary/aromatic N) is 3. The molecule has 1 aromatic heterocycles. The van der Waals surface area contributed by atoms with Gasteiger partial charge in [0.05, 0.1) is 10.6 Å². The van der Waals surface area contributed by atoms with E-state index in [1.807, 2.05) is 30.3 Å². The van der Waals surface area contributed by atoms with Crippen molar-refractivity contribution in [1.82, 2.24) is 15.6 Å². The van der Waals surface area contributed by atoms with Crippen molar-refractivity contribution in [2.24, 2.45) is 0 Å². The summed E-state index contributed by atoms with van der Waals surface area (Å²) in [4.78, 5) is 22.7. The van der Waals surface area contributed by atoms with Gasteiger partial charge in [-0.2, -0.15) is 0 Å². The number of rotatable bonds is 6. The van der Waals surface area contributed by atoms with Gasteiger partial charge in [0.2, 0.25) is 11.4 Å². The third-order valence-corrected chi connectivity index (χ3v) is 3.67. The molecule has 0 aliphatic heterocycles. The van der Waals surface area contributed by atoms with E-state index in [0.717, 1.165) is 5.56 Å². The van der Waals surface area contributed by atoms with Gasteiger partial charge in [-0.1, -0.05) is 30.3 Å². The molecular formula is C16H15N5O4. The van der Waals surface area contributed by atoms with E-state index >= 15 is 0 Å². The molecule has 9 heteroatoms. The van der Waals surface area contributed by atoms with E-state index in [4.69, 9.17) is 0 Å². The highest BCUT2D eigenvalue weighted by molar-refractivity contribution is 5.95. The lowest BCUT2D eigenvalue weighted by atomic mass is 10.2. The summed E-state index contributed by atoms with van der Waals surface area (Å²) in [7, 11) is 0. The van der Waals surface area contributed by atoms with Gasteiger partial charge in [-0.3, -0.25) is 14.9 Å². The van der Waals surface area contributed by atoms with Crippen LogP contribution in [-0.4, -0.2) is 27.2 Å². The number of hydrogen-bond acceptors (Lipinski definition) is 7. The molecule has 0 aliphatic rings. The normalized spacial score (nSPS) is 11.9. The average molecular weight is 341 g/mol. The molecule has 2 N–H and O–H groups in total. The minimum Gasteiger partial charge on any atom is -0.372 e. The summed E-state index contributed by atoms with van der Waals surface area (Å²) in [5.74, 6) is -0.216. The van der Waals surface area contributed by atoms with Crippen LogP contribution in [-0.2, 0) is 11.3 Å². The second-order valence-electron chi connectivity index (χ2n) is 5.42. The summed E-state index contributed by atoms with van der Waals surface area (Å²) in [5.41, 5.74) is 1.46. The van der Waals surface area contributed by atoms with Crippen LogP contribution in [0, 0.1) is 10.1 Å². The number of carbonyl (C=O) groups excluding carboxylic acids is 1. The lowest BCUT2D eigenvalue weighted by Gasteiger charge is -2.15. The first kappa shape index (κ1) is 16.4. The van der Waals surface area contributed by atoms with Gasteiger partial charge < -0.3 is 10.6 Å². The standard InChI is InChI=1S/C16H15N5O4/c1-10(16(22)17-9-11-5-3-2-4-6-11)18-12-7-8-13(21(23)24)15-14(12)19-25-20-15/h2-8,10,18H,9H2,1H3,(H,17,22)/t10-/m0/s1. The van der Waals surface area contributed by atoms with Crippen molar-refractivity contribution in [3.05, 3.63) is 58.1 Å². The molecule has 0 unspecified atom stereocenters. The van der Waals surface area contributed by atoms with Crippen molar-refractivity contribution in [3.8, 4) is 0 Å². The summed E-state index contributed by atoms with van der Waals surface area (Å²) in [6.07, 6.45) is 0. The van der Waals surface area contributed by atoms with E-state index in [9.17, 15) is 14.9 Å². The summed E-state index contributed by atoms with van der Waals surface area (Å²) >= 11 is 0. The molecule has 3 aromatic rings. The predicted molar refractivity (Wildman–Crippen MR) is 89.8 cm³/mol. The maximum Gasteiger partial charge on any atom is 0.300 e. The quantitative estimate of drug-likeness (QED) is 0.520. The first-order chi connectivity index (χ1) is 12.1. The van der Waals surface area contributed by atoms with Gasteiger partial charge in [0.25, 0.3) is 0 Å². The molecule has 0 spiro atoms. The first-order valence-electron chi connectivity index (χ1n) is 7.54. The summed E-state index contributed by atoms with van der Waals surface area (Å²) < 4.78 is 4.60. The zero-order valence-corrected chi connectivity index (χ0v) is 13.3. The highest BCUT2D eigenvalue weighted by atomic mass is 16.6. The van der Waals surface area contributed by atoms with Crippen LogP contribution in [0.3, 0.4) is 0 Å². The van der Waals surface area contributed by atoms with E-state index in [2.05, 4.69) is 25.6 Å². The molecule has 0 fully saturated rings. The molecule has 0 saturated heterocycles. The maximum atomic E-state index is 12.2. The Balaban J connectivity index is 1.70. The number of nitro groups is 1. The topological polar surface area (TPSA) is 123 Å². The van der Waals surface area contributed by atoms with Gasteiger partial charge in [-0.05, 0) is 28.9 Å². The Morgan fingerprint density at radius 2 is 1.92 bits per heavy atom. The molecule has 3 rings (SSSR count). The minimum atomic E-state index is -0.579. The molecule has 25 heavy (non-hydrogen) atoms. The van der Waals surface area contributed by atoms with E-state index in [0.29, 0.717) is 12.2 Å². The number of benzene rings is 2. The van der Waals surface area contributed by atoms with Crippen molar-refractivity contribution in [1.29, 1.82) is 0 Å². The van der Waals surface area contributed by atoms with Crippen molar-refractivity contribution in [2.45, 2.75) is 19.5 Å². The smallest absolute Gasteiger partial charge is 0.300 e. The second-order valence-corrected chi connectivity index (χ2v) is 5.42. The number of hydrogen-bond donors (Lipinski definition) is 2. The zero-order valence-electron chi connectivity index (χ0n) is 13.3. The van der Waals surface area contributed by atoms with Crippen LogP contribution in [0.25, 0.3) is 11.0 Å². The summed E-state index contributed by atoms with van der Waals surface area (Å²) in [6.45, 7) is 2.09. The van der Waals surface area contributed by atoms with Gasteiger partial charge in [0.1, 0.15) is 6.04 Å². The predicted octanol–water partition coefficient (Wildman–Crippen LogP) is 2.25. The number of nitro benzene ring substituents is 1. The molecule has 0 aliphatic carbocycles. The Labute approximate surface area is 142 Å². The fraction of sp³-hybridized carbons (Fsp3) is 0.188. The fourth-order valence-corrected chi connectivity index (χ4v) is 2.35. The molecule has 0 radical (unpaired) electrons. The van der Waals surface area contributed by atoms with Gasteiger partial charge in [0.15, 0.2) is 5.52 Å². The summed E-state index contributed by atoms with van der Waals surface area (Å²) in [5, 5.41) is 24.0. The number of carbonyl (C=O) groups is 1. The van der Waals surface area contributed by atoms with Gasteiger partial charge in [0, 0.05) is 12.6 Å². The van der Waals surface area contributed by atoms with Crippen LogP contribution in [0.1, 0.15) is 12.5 Å². The van der Waals surface area contributed by atoms with Gasteiger partial charge in [-0.15, -0.1) is 0 Å². The van der Waals surface area contributed by atoms with E-state index < -0.39 is 11.0 Å². The second kappa shape index (κ2) is 6.95. The number of anilines is 1. The lowest BCUT2D eigenvalue weighted by Crippen LogP contribution is -2.37.